The van der Waals surface area contributed by atoms with Gasteiger partial charge in [-0.2, -0.15) is 5.10 Å². The van der Waals surface area contributed by atoms with Crippen molar-refractivity contribution in [1.29, 1.82) is 0 Å². The molecular weight excluding hydrogens is 330 g/mol. The van der Waals surface area contributed by atoms with Crippen molar-refractivity contribution >= 4 is 11.6 Å². The third-order valence-corrected chi connectivity index (χ3v) is 3.96. The van der Waals surface area contributed by atoms with E-state index in [1.165, 1.54) is 30.3 Å². The molecule has 0 radical (unpaired) electrons. The molecule has 25 heavy (non-hydrogen) atoms. The first-order chi connectivity index (χ1) is 12.0. The molecule has 0 spiro atoms. The molecular formula is C18H16F2N2O3. The Bertz CT molecular complexity index is 852. The Morgan fingerprint density at radius 1 is 1.28 bits per heavy atom. The summed E-state index contributed by atoms with van der Waals surface area (Å²) in [5.74, 6) is -1.86. The van der Waals surface area contributed by atoms with Gasteiger partial charge in [0.05, 0.1) is 5.71 Å². The van der Waals surface area contributed by atoms with E-state index in [0.717, 1.165) is 0 Å². The van der Waals surface area contributed by atoms with Crippen molar-refractivity contribution in [3.63, 3.8) is 0 Å². The molecule has 1 amide bonds. The van der Waals surface area contributed by atoms with Crippen LogP contribution in [0.5, 0.6) is 11.5 Å². The number of carbonyl (C=O) groups excluding carboxylic acids is 1. The standard InChI is InChI=1S/C18H16F2N2O3/c1-10-8-13(18-14(23)7-6-12(20)17(10)18)21-22-16(24)9-25-15-5-3-2-4-11(15)19/h2-7,10,23H,8-9H2,1H3,(H,22,24)/b21-13+/t10-/m0/s1. The molecule has 5 nitrogen and oxygen atoms in total. The smallest absolute Gasteiger partial charge is 0.277 e. The van der Waals surface area contributed by atoms with Crippen molar-refractivity contribution in [2.75, 3.05) is 6.61 Å². The van der Waals surface area contributed by atoms with Crippen molar-refractivity contribution in [1.82, 2.24) is 5.43 Å². The molecule has 1 aliphatic carbocycles. The Labute approximate surface area is 142 Å². The molecule has 0 aromatic heterocycles. The van der Waals surface area contributed by atoms with Gasteiger partial charge in [0.2, 0.25) is 0 Å². The zero-order valence-electron chi connectivity index (χ0n) is 13.4. The number of para-hydroxylation sites is 1. The molecule has 1 aliphatic rings. The second kappa shape index (κ2) is 6.88. The van der Waals surface area contributed by atoms with Gasteiger partial charge in [0.15, 0.2) is 18.2 Å². The number of benzene rings is 2. The van der Waals surface area contributed by atoms with Crippen LogP contribution in [0.3, 0.4) is 0 Å². The SMILES string of the molecule is C[C@H]1C/C(=N\NC(=O)COc2ccccc2F)c2c(O)ccc(F)c21. The van der Waals surface area contributed by atoms with Crippen LogP contribution in [-0.2, 0) is 4.79 Å². The van der Waals surface area contributed by atoms with Gasteiger partial charge < -0.3 is 9.84 Å². The van der Waals surface area contributed by atoms with Gasteiger partial charge in [-0.05, 0) is 36.6 Å². The highest BCUT2D eigenvalue weighted by molar-refractivity contribution is 6.07. The number of halogens is 2. The number of hydrogen-bond acceptors (Lipinski definition) is 4. The number of fused-ring (bicyclic) bond motifs is 1. The molecule has 2 N–H and O–H groups in total. The first-order valence-electron chi connectivity index (χ1n) is 7.72. The number of amides is 1. The lowest BCUT2D eigenvalue weighted by atomic mass is 10.0. The highest BCUT2D eigenvalue weighted by atomic mass is 19.1. The number of carbonyl (C=O) groups is 1. The minimum Gasteiger partial charge on any atom is -0.507 e. The van der Waals surface area contributed by atoms with Crippen molar-refractivity contribution in [3.8, 4) is 11.5 Å². The van der Waals surface area contributed by atoms with Crippen LogP contribution in [0.4, 0.5) is 8.78 Å². The van der Waals surface area contributed by atoms with E-state index in [2.05, 4.69) is 10.5 Å². The molecule has 130 valence electrons. The zero-order valence-corrected chi connectivity index (χ0v) is 13.4. The molecule has 0 saturated carbocycles. The summed E-state index contributed by atoms with van der Waals surface area (Å²) in [6, 6.07) is 8.19. The lowest BCUT2D eigenvalue weighted by Crippen LogP contribution is -2.26. The highest BCUT2D eigenvalue weighted by Gasteiger charge is 2.30. The van der Waals surface area contributed by atoms with E-state index in [0.29, 0.717) is 23.3 Å². The van der Waals surface area contributed by atoms with E-state index in [1.54, 1.807) is 6.07 Å². The van der Waals surface area contributed by atoms with Gasteiger partial charge in [-0.25, -0.2) is 14.2 Å². The van der Waals surface area contributed by atoms with Gasteiger partial charge in [-0.3, -0.25) is 4.79 Å². The van der Waals surface area contributed by atoms with Crippen molar-refractivity contribution in [2.24, 2.45) is 5.10 Å². The lowest BCUT2D eigenvalue weighted by Gasteiger charge is -2.07. The fourth-order valence-electron chi connectivity index (χ4n) is 2.83. The zero-order chi connectivity index (χ0) is 18.0. The Hall–Kier alpha value is -2.96. The second-order valence-corrected chi connectivity index (χ2v) is 5.77. The van der Waals surface area contributed by atoms with Crippen molar-refractivity contribution < 1.29 is 23.4 Å². The molecule has 0 unspecified atom stereocenters. The van der Waals surface area contributed by atoms with Crippen LogP contribution in [0, 0.1) is 11.6 Å². The minimum absolute atomic E-state index is 0.0372. The third-order valence-electron chi connectivity index (χ3n) is 3.96. The maximum atomic E-state index is 13.9. The topological polar surface area (TPSA) is 70.9 Å². The minimum atomic E-state index is -0.590. The molecule has 0 saturated heterocycles. The molecule has 0 heterocycles. The molecule has 2 aromatic carbocycles. The number of hydrazone groups is 1. The fourth-order valence-corrected chi connectivity index (χ4v) is 2.83. The number of phenolic OH excluding ortho intramolecular Hbond substituents is 1. The van der Waals surface area contributed by atoms with E-state index >= 15 is 0 Å². The first-order valence-corrected chi connectivity index (χ1v) is 7.72. The van der Waals surface area contributed by atoms with Gasteiger partial charge in [0, 0.05) is 11.1 Å². The second-order valence-electron chi connectivity index (χ2n) is 5.77. The van der Waals surface area contributed by atoms with Crippen LogP contribution in [0.2, 0.25) is 0 Å². The number of nitrogens with zero attached hydrogens (tertiary/aromatic N) is 1. The maximum Gasteiger partial charge on any atom is 0.277 e. The first kappa shape index (κ1) is 16.9. The summed E-state index contributed by atoms with van der Waals surface area (Å²) in [5.41, 5.74) is 3.37. The van der Waals surface area contributed by atoms with E-state index in [9.17, 15) is 18.7 Å². The summed E-state index contributed by atoms with van der Waals surface area (Å²) in [5, 5.41) is 13.9. The normalized spacial score (nSPS) is 17.4. The number of nitrogens with one attached hydrogen (secondary N) is 1. The number of ether oxygens (including phenoxy) is 1. The van der Waals surface area contributed by atoms with Crippen LogP contribution >= 0.6 is 0 Å². The van der Waals surface area contributed by atoms with Crippen molar-refractivity contribution in [3.05, 3.63) is 59.2 Å². The molecule has 0 fully saturated rings. The predicted molar refractivity (Wildman–Crippen MR) is 87.7 cm³/mol. The summed E-state index contributed by atoms with van der Waals surface area (Å²) in [6.45, 7) is 1.39. The number of rotatable bonds is 4. The number of hydrogen-bond donors (Lipinski definition) is 2. The third kappa shape index (κ3) is 3.45. The Balaban J connectivity index is 1.69. The lowest BCUT2D eigenvalue weighted by molar-refractivity contribution is -0.123. The van der Waals surface area contributed by atoms with Crippen LogP contribution in [0.25, 0.3) is 0 Å². The number of aromatic hydroxyl groups is 1. The van der Waals surface area contributed by atoms with Crippen molar-refractivity contribution in [2.45, 2.75) is 19.3 Å². The fraction of sp³-hybridized carbons (Fsp3) is 0.222. The quantitative estimate of drug-likeness (QED) is 0.836. The monoisotopic (exact) mass is 346 g/mol. The molecule has 1 atom stereocenters. The Morgan fingerprint density at radius 2 is 2.04 bits per heavy atom. The summed E-state index contributed by atoms with van der Waals surface area (Å²) in [7, 11) is 0. The van der Waals surface area contributed by atoms with Crippen LogP contribution < -0.4 is 10.2 Å². The van der Waals surface area contributed by atoms with E-state index < -0.39 is 24.1 Å². The van der Waals surface area contributed by atoms with Crippen LogP contribution in [-0.4, -0.2) is 23.3 Å². The van der Waals surface area contributed by atoms with Crippen LogP contribution in [0.1, 0.15) is 30.4 Å². The van der Waals surface area contributed by atoms with E-state index in [4.69, 9.17) is 4.74 Å². The average molecular weight is 346 g/mol. The van der Waals surface area contributed by atoms with Gasteiger partial charge >= 0.3 is 0 Å². The van der Waals surface area contributed by atoms with E-state index in [1.807, 2.05) is 6.92 Å². The molecule has 3 rings (SSSR count). The largest absolute Gasteiger partial charge is 0.507 e. The summed E-state index contributed by atoms with van der Waals surface area (Å²) >= 11 is 0. The molecule has 0 aliphatic heterocycles. The van der Waals surface area contributed by atoms with Gasteiger partial charge in [0.25, 0.3) is 5.91 Å². The highest BCUT2D eigenvalue weighted by Crippen LogP contribution is 2.39. The molecule has 2 aromatic rings. The summed E-state index contributed by atoms with van der Waals surface area (Å²) < 4.78 is 32.4. The average Bonchev–Trinajstić information content (AvgIpc) is 2.93. The maximum absolute atomic E-state index is 13.9. The van der Waals surface area contributed by atoms with Gasteiger partial charge in [0.1, 0.15) is 11.6 Å². The predicted octanol–water partition coefficient (Wildman–Crippen LogP) is 3.08. The summed E-state index contributed by atoms with van der Waals surface area (Å²) in [4.78, 5) is 11.8. The number of phenols is 1. The molecule has 0 bridgehead atoms. The van der Waals surface area contributed by atoms with Gasteiger partial charge in [-0.15, -0.1) is 0 Å². The van der Waals surface area contributed by atoms with E-state index in [-0.39, 0.29) is 17.4 Å². The Kier molecular flexibility index (Phi) is 4.65. The van der Waals surface area contributed by atoms with Crippen LogP contribution in [0.15, 0.2) is 41.5 Å². The summed E-state index contributed by atoms with van der Waals surface area (Å²) in [6.07, 6.45) is 0.387. The molecule has 7 heteroatoms. The Morgan fingerprint density at radius 3 is 2.80 bits per heavy atom. The van der Waals surface area contributed by atoms with Gasteiger partial charge in [-0.1, -0.05) is 19.1 Å².